The molecular weight excluding hydrogens is 150 g/mol. The van der Waals surface area contributed by atoms with E-state index in [-0.39, 0.29) is 11.6 Å². The number of rotatable bonds is 5. The molecule has 70 valence electrons. The zero-order valence-electron chi connectivity index (χ0n) is 8.22. The molecule has 0 aliphatic heterocycles. The summed E-state index contributed by atoms with van der Waals surface area (Å²) in [6.45, 7) is 6.61. The molecule has 0 aromatic carbocycles. The van der Waals surface area contributed by atoms with Crippen LogP contribution < -0.4 is 5.32 Å². The summed E-state index contributed by atoms with van der Waals surface area (Å²) >= 11 is 0. The fourth-order valence-corrected chi connectivity index (χ4v) is 0.749. The maximum atomic E-state index is 9.33. The summed E-state index contributed by atoms with van der Waals surface area (Å²) in [7, 11) is 0. The van der Waals surface area contributed by atoms with Crippen LogP contribution in [0.1, 0.15) is 33.6 Å². The smallest absolute Gasteiger partial charge is 0.0688 e. The second kappa shape index (κ2) is 5.18. The van der Waals surface area contributed by atoms with Gasteiger partial charge in [0.15, 0.2) is 0 Å². The quantitative estimate of drug-likeness (QED) is 0.478. The molecular formula is C10H19NO. The first-order valence-corrected chi connectivity index (χ1v) is 4.37. The molecule has 0 radical (unpaired) electrons. The number of hydrogen-bond donors (Lipinski definition) is 2. The molecule has 2 N–H and O–H groups in total. The standard InChI is InChI=1S/C10H19NO/c1-5-6-7-8-11-10(3,4)9(2)12/h1,9,11-12H,6-8H2,2-4H3. The van der Waals surface area contributed by atoms with Gasteiger partial charge < -0.3 is 10.4 Å². The first-order chi connectivity index (χ1) is 5.50. The van der Waals surface area contributed by atoms with E-state index in [9.17, 15) is 5.11 Å². The molecule has 2 nitrogen and oxygen atoms in total. The summed E-state index contributed by atoms with van der Waals surface area (Å²) in [5, 5.41) is 12.6. The Labute approximate surface area is 75.4 Å². The largest absolute Gasteiger partial charge is 0.392 e. The zero-order chi connectivity index (χ0) is 9.61. The van der Waals surface area contributed by atoms with E-state index in [1.165, 1.54) is 0 Å². The highest BCUT2D eigenvalue weighted by Crippen LogP contribution is 2.07. The highest BCUT2D eigenvalue weighted by atomic mass is 16.3. The van der Waals surface area contributed by atoms with Gasteiger partial charge in [-0.25, -0.2) is 0 Å². The molecule has 0 saturated heterocycles. The van der Waals surface area contributed by atoms with Crippen LogP contribution in [0, 0.1) is 12.3 Å². The van der Waals surface area contributed by atoms with Gasteiger partial charge in [-0.15, -0.1) is 12.3 Å². The van der Waals surface area contributed by atoms with Gasteiger partial charge in [-0.1, -0.05) is 0 Å². The topological polar surface area (TPSA) is 32.3 Å². The first kappa shape index (κ1) is 11.5. The summed E-state index contributed by atoms with van der Waals surface area (Å²) in [6.07, 6.45) is 6.53. The van der Waals surface area contributed by atoms with Crippen molar-refractivity contribution < 1.29 is 5.11 Å². The molecule has 0 aliphatic carbocycles. The zero-order valence-corrected chi connectivity index (χ0v) is 8.22. The molecule has 2 heteroatoms. The molecule has 0 aliphatic rings. The number of aliphatic hydroxyl groups is 1. The van der Waals surface area contributed by atoms with Crippen molar-refractivity contribution in [1.29, 1.82) is 0 Å². The maximum Gasteiger partial charge on any atom is 0.0688 e. The molecule has 0 aromatic rings. The van der Waals surface area contributed by atoms with Crippen LogP contribution in [-0.2, 0) is 0 Å². The van der Waals surface area contributed by atoms with Gasteiger partial charge in [0.25, 0.3) is 0 Å². The summed E-state index contributed by atoms with van der Waals surface area (Å²) < 4.78 is 0. The molecule has 0 bridgehead atoms. The van der Waals surface area contributed by atoms with Crippen LogP contribution in [0.4, 0.5) is 0 Å². The lowest BCUT2D eigenvalue weighted by atomic mass is 9.99. The van der Waals surface area contributed by atoms with Gasteiger partial charge in [-0.05, 0) is 33.7 Å². The van der Waals surface area contributed by atoms with Crippen LogP contribution in [0.15, 0.2) is 0 Å². The Kier molecular flexibility index (Phi) is 4.96. The molecule has 1 atom stereocenters. The minimum atomic E-state index is -0.344. The highest BCUT2D eigenvalue weighted by Gasteiger charge is 2.22. The van der Waals surface area contributed by atoms with E-state index >= 15 is 0 Å². The van der Waals surface area contributed by atoms with Gasteiger partial charge in [-0.3, -0.25) is 0 Å². The van der Waals surface area contributed by atoms with Crippen molar-refractivity contribution in [2.45, 2.75) is 45.3 Å². The van der Waals surface area contributed by atoms with Gasteiger partial charge in [-0.2, -0.15) is 0 Å². The highest BCUT2D eigenvalue weighted by molar-refractivity contribution is 4.86. The van der Waals surface area contributed by atoms with Crippen molar-refractivity contribution in [3.63, 3.8) is 0 Å². The Hall–Kier alpha value is -0.520. The number of unbranched alkanes of at least 4 members (excludes halogenated alkanes) is 1. The average molecular weight is 169 g/mol. The molecule has 0 spiro atoms. The van der Waals surface area contributed by atoms with E-state index in [1.807, 2.05) is 13.8 Å². The van der Waals surface area contributed by atoms with Gasteiger partial charge in [0.2, 0.25) is 0 Å². The second-order valence-electron chi connectivity index (χ2n) is 3.63. The Balaban J connectivity index is 3.56. The predicted molar refractivity (Wildman–Crippen MR) is 51.8 cm³/mol. The molecule has 0 amide bonds. The number of hydrogen-bond acceptors (Lipinski definition) is 2. The Bertz CT molecular complexity index is 156. The van der Waals surface area contributed by atoms with Crippen LogP contribution in [0.25, 0.3) is 0 Å². The number of terminal acetylenes is 1. The molecule has 0 rings (SSSR count). The second-order valence-corrected chi connectivity index (χ2v) is 3.63. The van der Waals surface area contributed by atoms with Crippen molar-refractivity contribution in [1.82, 2.24) is 5.32 Å². The van der Waals surface area contributed by atoms with Crippen molar-refractivity contribution in [2.75, 3.05) is 6.54 Å². The minimum Gasteiger partial charge on any atom is -0.392 e. The minimum absolute atomic E-state index is 0.214. The summed E-state index contributed by atoms with van der Waals surface area (Å²) in [5.74, 6) is 2.58. The summed E-state index contributed by atoms with van der Waals surface area (Å²) in [4.78, 5) is 0. The van der Waals surface area contributed by atoms with E-state index in [2.05, 4.69) is 11.2 Å². The van der Waals surface area contributed by atoms with Crippen LogP contribution in [-0.4, -0.2) is 23.3 Å². The van der Waals surface area contributed by atoms with E-state index in [1.54, 1.807) is 6.92 Å². The maximum absolute atomic E-state index is 9.33. The molecule has 0 fully saturated rings. The fraction of sp³-hybridized carbons (Fsp3) is 0.800. The van der Waals surface area contributed by atoms with Gasteiger partial charge in [0.1, 0.15) is 0 Å². The van der Waals surface area contributed by atoms with Gasteiger partial charge in [0, 0.05) is 12.0 Å². The third kappa shape index (κ3) is 4.38. The monoisotopic (exact) mass is 169 g/mol. The lowest BCUT2D eigenvalue weighted by Gasteiger charge is -2.29. The van der Waals surface area contributed by atoms with Crippen molar-refractivity contribution >= 4 is 0 Å². The molecule has 0 aromatic heterocycles. The van der Waals surface area contributed by atoms with Crippen LogP contribution >= 0.6 is 0 Å². The third-order valence-electron chi connectivity index (χ3n) is 2.12. The third-order valence-corrected chi connectivity index (χ3v) is 2.12. The number of nitrogens with one attached hydrogen (secondary N) is 1. The predicted octanol–water partition coefficient (Wildman–Crippen LogP) is 1.15. The van der Waals surface area contributed by atoms with Crippen molar-refractivity contribution in [3.05, 3.63) is 0 Å². The van der Waals surface area contributed by atoms with Crippen LogP contribution in [0.5, 0.6) is 0 Å². The lowest BCUT2D eigenvalue weighted by molar-refractivity contribution is 0.0969. The van der Waals surface area contributed by atoms with E-state index in [0.29, 0.717) is 0 Å². The summed E-state index contributed by atoms with van der Waals surface area (Å²) in [6, 6.07) is 0. The van der Waals surface area contributed by atoms with E-state index in [0.717, 1.165) is 19.4 Å². The molecule has 1 unspecified atom stereocenters. The lowest BCUT2D eigenvalue weighted by Crippen LogP contribution is -2.48. The molecule has 0 heterocycles. The van der Waals surface area contributed by atoms with Gasteiger partial charge >= 0.3 is 0 Å². The summed E-state index contributed by atoms with van der Waals surface area (Å²) in [5.41, 5.74) is -0.214. The van der Waals surface area contributed by atoms with Crippen molar-refractivity contribution in [2.24, 2.45) is 0 Å². The Morgan fingerprint density at radius 1 is 1.58 bits per heavy atom. The van der Waals surface area contributed by atoms with Gasteiger partial charge in [0.05, 0.1) is 6.10 Å². The molecule has 0 saturated carbocycles. The Morgan fingerprint density at radius 2 is 2.17 bits per heavy atom. The normalized spacial score (nSPS) is 13.9. The number of aliphatic hydroxyl groups excluding tert-OH is 1. The SMILES string of the molecule is C#CCCCNC(C)(C)C(C)O. The van der Waals surface area contributed by atoms with Crippen LogP contribution in [0.3, 0.4) is 0 Å². The average Bonchev–Trinajstić information content (AvgIpc) is 1.98. The van der Waals surface area contributed by atoms with E-state index < -0.39 is 0 Å². The first-order valence-electron chi connectivity index (χ1n) is 4.37. The van der Waals surface area contributed by atoms with E-state index in [4.69, 9.17) is 6.42 Å². The Morgan fingerprint density at radius 3 is 2.58 bits per heavy atom. The van der Waals surface area contributed by atoms with Crippen molar-refractivity contribution in [3.8, 4) is 12.3 Å². The fourth-order valence-electron chi connectivity index (χ4n) is 0.749. The molecule has 12 heavy (non-hydrogen) atoms. The van der Waals surface area contributed by atoms with Crippen LogP contribution in [0.2, 0.25) is 0 Å².